The zero-order valence-electron chi connectivity index (χ0n) is 7.37. The molecule has 0 aliphatic rings. The maximum Gasteiger partial charge on any atom is 0.348 e. The summed E-state index contributed by atoms with van der Waals surface area (Å²) >= 11 is 1.33. The number of thiophene rings is 1. The number of rotatable bonds is 3. The molecule has 0 spiro atoms. The van der Waals surface area contributed by atoms with E-state index in [9.17, 15) is 4.79 Å². The molecule has 0 saturated heterocycles. The predicted octanol–water partition coefficient (Wildman–Crippen LogP) is 1.51. The van der Waals surface area contributed by atoms with E-state index in [0.29, 0.717) is 11.4 Å². The minimum Gasteiger partial charge on any atom is -0.465 e. The molecule has 13 heavy (non-hydrogen) atoms. The van der Waals surface area contributed by atoms with Gasteiger partial charge in [-0.1, -0.05) is 6.58 Å². The van der Waals surface area contributed by atoms with E-state index in [1.54, 1.807) is 0 Å². The third-order valence-electron chi connectivity index (χ3n) is 1.66. The Kier molecular flexibility index (Phi) is 3.22. The Hall–Kier alpha value is -1.13. The van der Waals surface area contributed by atoms with Gasteiger partial charge in [-0.2, -0.15) is 0 Å². The number of nitrogens with two attached hydrogens (primary N) is 1. The second-order valence-electron chi connectivity index (χ2n) is 2.46. The van der Waals surface area contributed by atoms with E-state index >= 15 is 0 Å². The van der Waals surface area contributed by atoms with Crippen molar-refractivity contribution in [3.8, 4) is 0 Å². The molecule has 0 bridgehead atoms. The van der Waals surface area contributed by atoms with Crippen molar-refractivity contribution in [3.05, 3.63) is 28.5 Å². The lowest BCUT2D eigenvalue weighted by atomic mass is 10.1. The summed E-state index contributed by atoms with van der Waals surface area (Å²) in [5.74, 6) is -0.334. The van der Waals surface area contributed by atoms with Crippen molar-refractivity contribution in [2.24, 2.45) is 5.73 Å². The highest BCUT2D eigenvalue weighted by Crippen LogP contribution is 2.23. The number of carbonyl (C=O) groups is 1. The summed E-state index contributed by atoms with van der Waals surface area (Å²) < 4.78 is 4.62. The second-order valence-corrected chi connectivity index (χ2v) is 3.38. The maximum absolute atomic E-state index is 11.2. The van der Waals surface area contributed by atoms with Crippen molar-refractivity contribution in [2.75, 3.05) is 13.7 Å². The van der Waals surface area contributed by atoms with Crippen LogP contribution in [0.5, 0.6) is 0 Å². The second kappa shape index (κ2) is 4.20. The molecule has 0 aromatic carbocycles. The Labute approximate surface area is 80.8 Å². The summed E-state index contributed by atoms with van der Waals surface area (Å²) in [4.78, 5) is 11.8. The Balaban J connectivity index is 3.02. The van der Waals surface area contributed by atoms with Crippen LogP contribution in [0.3, 0.4) is 0 Å². The van der Waals surface area contributed by atoms with Crippen LogP contribution in [0.15, 0.2) is 18.0 Å². The fourth-order valence-electron chi connectivity index (χ4n) is 0.948. The lowest BCUT2D eigenvalue weighted by Gasteiger charge is -2.02. The molecule has 0 atom stereocenters. The molecule has 4 heteroatoms. The van der Waals surface area contributed by atoms with E-state index in [0.717, 1.165) is 11.1 Å². The summed E-state index contributed by atoms with van der Waals surface area (Å²) in [5, 5.41) is 1.82. The number of hydrogen-bond donors (Lipinski definition) is 1. The van der Waals surface area contributed by atoms with Crippen LogP contribution < -0.4 is 5.73 Å². The standard InChI is InChI=1S/C9H11NO2S/c1-6(5-10)7-3-4-13-8(7)9(11)12-2/h3-4H,1,5,10H2,2H3. The van der Waals surface area contributed by atoms with Crippen LogP contribution >= 0.6 is 11.3 Å². The number of esters is 1. The molecule has 1 aromatic heterocycles. The van der Waals surface area contributed by atoms with Gasteiger partial charge in [0.05, 0.1) is 7.11 Å². The van der Waals surface area contributed by atoms with Gasteiger partial charge in [0.2, 0.25) is 0 Å². The molecule has 1 aromatic rings. The smallest absolute Gasteiger partial charge is 0.348 e. The van der Waals surface area contributed by atoms with E-state index in [-0.39, 0.29) is 5.97 Å². The molecule has 2 N–H and O–H groups in total. The van der Waals surface area contributed by atoms with E-state index in [4.69, 9.17) is 5.73 Å². The Morgan fingerprint density at radius 2 is 2.46 bits per heavy atom. The zero-order valence-corrected chi connectivity index (χ0v) is 8.19. The Bertz CT molecular complexity index is 300. The first kappa shape index (κ1) is 9.95. The fourth-order valence-corrected chi connectivity index (χ4v) is 1.81. The normalized spacial score (nSPS) is 9.69. The maximum atomic E-state index is 11.2. The quantitative estimate of drug-likeness (QED) is 0.747. The minimum absolute atomic E-state index is 0.334. The van der Waals surface area contributed by atoms with E-state index in [2.05, 4.69) is 11.3 Å². The molecule has 0 fully saturated rings. The van der Waals surface area contributed by atoms with Crippen LogP contribution in [0.2, 0.25) is 0 Å². The lowest BCUT2D eigenvalue weighted by molar-refractivity contribution is 0.0606. The van der Waals surface area contributed by atoms with Gasteiger partial charge in [0, 0.05) is 12.1 Å². The van der Waals surface area contributed by atoms with Gasteiger partial charge in [-0.3, -0.25) is 0 Å². The minimum atomic E-state index is -0.334. The molecule has 0 saturated carbocycles. The Morgan fingerprint density at radius 1 is 1.77 bits per heavy atom. The topological polar surface area (TPSA) is 52.3 Å². The third-order valence-corrected chi connectivity index (χ3v) is 2.56. The van der Waals surface area contributed by atoms with Crippen molar-refractivity contribution in [3.63, 3.8) is 0 Å². The van der Waals surface area contributed by atoms with Gasteiger partial charge >= 0.3 is 5.97 Å². The number of methoxy groups -OCH3 is 1. The molecule has 0 radical (unpaired) electrons. The van der Waals surface area contributed by atoms with Crippen LogP contribution in [0, 0.1) is 0 Å². The number of hydrogen-bond acceptors (Lipinski definition) is 4. The molecule has 0 amide bonds. The fraction of sp³-hybridized carbons (Fsp3) is 0.222. The van der Waals surface area contributed by atoms with Gasteiger partial charge in [0.15, 0.2) is 0 Å². The predicted molar refractivity (Wildman–Crippen MR) is 53.7 cm³/mol. The van der Waals surface area contributed by atoms with Gasteiger partial charge in [0.25, 0.3) is 0 Å². The summed E-state index contributed by atoms with van der Waals surface area (Å²) in [6, 6.07) is 1.83. The first-order valence-electron chi connectivity index (χ1n) is 3.74. The summed E-state index contributed by atoms with van der Waals surface area (Å²) in [6.45, 7) is 4.11. The molecule has 1 rings (SSSR count). The average Bonchev–Trinajstić information content (AvgIpc) is 2.63. The Morgan fingerprint density at radius 3 is 3.00 bits per heavy atom. The molecule has 70 valence electrons. The van der Waals surface area contributed by atoms with Crippen molar-refractivity contribution in [1.29, 1.82) is 0 Å². The van der Waals surface area contributed by atoms with Crippen molar-refractivity contribution < 1.29 is 9.53 Å². The van der Waals surface area contributed by atoms with Crippen LogP contribution in [-0.4, -0.2) is 19.6 Å². The number of carbonyl (C=O) groups excluding carboxylic acids is 1. The van der Waals surface area contributed by atoms with Gasteiger partial charge in [-0.15, -0.1) is 11.3 Å². The largest absolute Gasteiger partial charge is 0.465 e. The molecule has 0 aliphatic heterocycles. The molecule has 3 nitrogen and oxygen atoms in total. The van der Waals surface area contributed by atoms with Crippen LogP contribution in [0.1, 0.15) is 15.2 Å². The van der Waals surface area contributed by atoms with E-state index in [1.807, 2.05) is 11.4 Å². The highest BCUT2D eigenvalue weighted by atomic mass is 32.1. The monoisotopic (exact) mass is 197 g/mol. The van der Waals surface area contributed by atoms with Crippen LogP contribution in [0.4, 0.5) is 0 Å². The number of ether oxygens (including phenoxy) is 1. The molecule has 0 unspecified atom stereocenters. The first-order chi connectivity index (χ1) is 6.20. The zero-order chi connectivity index (χ0) is 9.84. The molecule has 1 heterocycles. The van der Waals surface area contributed by atoms with Gasteiger partial charge in [0.1, 0.15) is 4.88 Å². The SMILES string of the molecule is C=C(CN)c1ccsc1C(=O)OC. The van der Waals surface area contributed by atoms with Crippen molar-refractivity contribution in [2.45, 2.75) is 0 Å². The van der Waals surface area contributed by atoms with Gasteiger partial charge in [-0.25, -0.2) is 4.79 Å². The van der Waals surface area contributed by atoms with Crippen molar-refractivity contribution in [1.82, 2.24) is 0 Å². The molecule has 0 aliphatic carbocycles. The van der Waals surface area contributed by atoms with Crippen LogP contribution in [0.25, 0.3) is 5.57 Å². The summed E-state index contributed by atoms with van der Waals surface area (Å²) in [5.41, 5.74) is 6.97. The molecular formula is C9H11NO2S. The van der Waals surface area contributed by atoms with Gasteiger partial charge < -0.3 is 10.5 Å². The molecular weight excluding hydrogens is 186 g/mol. The lowest BCUT2D eigenvalue weighted by Crippen LogP contribution is -2.06. The van der Waals surface area contributed by atoms with Crippen molar-refractivity contribution >= 4 is 22.9 Å². The van der Waals surface area contributed by atoms with Crippen LogP contribution in [-0.2, 0) is 4.74 Å². The van der Waals surface area contributed by atoms with E-state index < -0.39 is 0 Å². The highest BCUT2D eigenvalue weighted by Gasteiger charge is 2.14. The summed E-state index contributed by atoms with van der Waals surface area (Å²) in [7, 11) is 1.36. The summed E-state index contributed by atoms with van der Waals surface area (Å²) in [6.07, 6.45) is 0. The highest BCUT2D eigenvalue weighted by molar-refractivity contribution is 7.12. The van der Waals surface area contributed by atoms with E-state index in [1.165, 1.54) is 18.4 Å². The van der Waals surface area contributed by atoms with Gasteiger partial charge in [-0.05, 0) is 17.0 Å². The average molecular weight is 197 g/mol. The first-order valence-corrected chi connectivity index (χ1v) is 4.62. The third kappa shape index (κ3) is 1.96.